The van der Waals surface area contributed by atoms with Gasteiger partial charge in [0, 0.05) is 23.0 Å². The summed E-state index contributed by atoms with van der Waals surface area (Å²) in [7, 11) is 0. The molecule has 3 aromatic rings. The second-order valence-electron chi connectivity index (χ2n) is 6.08. The molecule has 1 aliphatic heterocycles. The van der Waals surface area contributed by atoms with E-state index in [2.05, 4.69) is 10.3 Å². The van der Waals surface area contributed by atoms with Gasteiger partial charge in [0.1, 0.15) is 12.0 Å². The van der Waals surface area contributed by atoms with E-state index >= 15 is 0 Å². The molecular formula is C20H14F3N3O. The van der Waals surface area contributed by atoms with E-state index in [1.807, 2.05) is 0 Å². The van der Waals surface area contributed by atoms with Crippen LogP contribution in [-0.4, -0.2) is 10.9 Å². The molecule has 7 heteroatoms. The lowest BCUT2D eigenvalue weighted by molar-refractivity contribution is -0.137. The zero-order chi connectivity index (χ0) is 19.0. The number of aromatic nitrogens is 1. The van der Waals surface area contributed by atoms with Crippen LogP contribution in [0.3, 0.4) is 0 Å². The fourth-order valence-corrected chi connectivity index (χ4v) is 3.13. The third-order valence-corrected chi connectivity index (χ3v) is 4.35. The molecule has 27 heavy (non-hydrogen) atoms. The molecule has 0 saturated carbocycles. The maximum atomic E-state index is 13.0. The van der Waals surface area contributed by atoms with Gasteiger partial charge in [0.25, 0.3) is 5.91 Å². The molecule has 1 atom stereocenters. The average Bonchev–Trinajstić information content (AvgIpc) is 2.94. The minimum atomic E-state index is -4.44. The molecule has 1 N–H and O–H groups in total. The Balaban J connectivity index is 1.76. The van der Waals surface area contributed by atoms with Crippen LogP contribution >= 0.6 is 0 Å². The highest BCUT2D eigenvalue weighted by Crippen LogP contribution is 2.38. The van der Waals surface area contributed by atoms with Crippen LogP contribution in [0.15, 0.2) is 72.9 Å². The summed E-state index contributed by atoms with van der Waals surface area (Å²) in [6, 6.07) is 17.1. The Hall–Kier alpha value is -3.35. The van der Waals surface area contributed by atoms with Gasteiger partial charge in [-0.25, -0.2) is 4.98 Å². The molecule has 4 rings (SSSR count). The average molecular weight is 369 g/mol. The van der Waals surface area contributed by atoms with Gasteiger partial charge in [-0.2, -0.15) is 13.2 Å². The van der Waals surface area contributed by atoms with Crippen LogP contribution in [0, 0.1) is 0 Å². The molecule has 1 aliphatic rings. The Morgan fingerprint density at radius 2 is 1.74 bits per heavy atom. The molecule has 0 unspecified atom stereocenters. The topological polar surface area (TPSA) is 45.2 Å². The van der Waals surface area contributed by atoms with Gasteiger partial charge in [-0.05, 0) is 36.4 Å². The number of nitrogens with zero attached hydrogens (tertiary/aromatic N) is 2. The largest absolute Gasteiger partial charge is 0.416 e. The summed E-state index contributed by atoms with van der Waals surface area (Å²) in [4.78, 5) is 18.6. The predicted octanol–water partition coefficient (Wildman–Crippen LogP) is 4.87. The first-order chi connectivity index (χ1) is 12.9. The number of benzene rings is 2. The molecule has 1 aromatic heterocycles. The summed E-state index contributed by atoms with van der Waals surface area (Å²) in [6.07, 6.45) is -3.54. The van der Waals surface area contributed by atoms with Gasteiger partial charge < -0.3 is 5.32 Å². The minimum absolute atomic E-state index is 0.256. The molecule has 136 valence electrons. The number of carbonyl (C=O) groups is 1. The van der Waals surface area contributed by atoms with Crippen molar-refractivity contribution in [2.45, 2.75) is 12.3 Å². The van der Waals surface area contributed by atoms with Gasteiger partial charge in [-0.3, -0.25) is 9.69 Å². The highest BCUT2D eigenvalue weighted by Gasteiger charge is 2.38. The molecular weight excluding hydrogens is 355 g/mol. The summed E-state index contributed by atoms with van der Waals surface area (Å²) in [5, 5.41) is 3.05. The molecule has 0 spiro atoms. The number of carbonyl (C=O) groups excluding carboxylic acids is 1. The van der Waals surface area contributed by atoms with E-state index in [0.717, 1.165) is 12.1 Å². The van der Waals surface area contributed by atoms with Crippen molar-refractivity contribution < 1.29 is 18.0 Å². The number of rotatable bonds is 3. The Morgan fingerprint density at radius 3 is 2.48 bits per heavy atom. The highest BCUT2D eigenvalue weighted by molar-refractivity contribution is 6.10. The van der Waals surface area contributed by atoms with Crippen LogP contribution in [0.25, 0.3) is 0 Å². The number of hydrogen-bond acceptors (Lipinski definition) is 3. The number of fused-ring (bicyclic) bond motifs is 1. The quantitative estimate of drug-likeness (QED) is 0.716. The van der Waals surface area contributed by atoms with E-state index in [1.165, 1.54) is 17.0 Å². The smallest absolute Gasteiger partial charge is 0.361 e. The van der Waals surface area contributed by atoms with Gasteiger partial charge in [-0.15, -0.1) is 0 Å². The van der Waals surface area contributed by atoms with E-state index in [9.17, 15) is 18.0 Å². The number of hydrogen-bond donors (Lipinski definition) is 1. The fourth-order valence-electron chi connectivity index (χ4n) is 3.13. The molecule has 2 aromatic carbocycles. The Kier molecular flexibility index (Phi) is 4.07. The van der Waals surface area contributed by atoms with Crippen LogP contribution in [0.5, 0.6) is 0 Å². The minimum Gasteiger partial charge on any atom is -0.361 e. The van der Waals surface area contributed by atoms with Gasteiger partial charge in [0.05, 0.1) is 5.56 Å². The number of alkyl halides is 3. The number of amides is 1. The fraction of sp³-hybridized carbons (Fsp3) is 0.100. The molecule has 0 radical (unpaired) electrons. The molecule has 4 nitrogen and oxygen atoms in total. The molecule has 0 fully saturated rings. The lowest BCUT2D eigenvalue weighted by Gasteiger charge is -2.26. The lowest BCUT2D eigenvalue weighted by atomic mass is 10.1. The van der Waals surface area contributed by atoms with Crippen molar-refractivity contribution in [1.29, 1.82) is 0 Å². The summed E-state index contributed by atoms with van der Waals surface area (Å²) < 4.78 is 39.1. The van der Waals surface area contributed by atoms with Crippen molar-refractivity contribution in [3.63, 3.8) is 0 Å². The summed E-state index contributed by atoms with van der Waals surface area (Å²) in [5.41, 5.74) is 0.688. The van der Waals surface area contributed by atoms with Gasteiger partial charge in [0.2, 0.25) is 0 Å². The number of nitrogens with one attached hydrogen (secondary N) is 1. The standard InChI is InChI=1S/C20H14F3N3O/c21-20(22,23)13-6-5-7-14(12-13)25-18-15-8-1-2-9-16(15)19(27)26(18)17-10-3-4-11-24-17/h1-12,18,25H/t18-/m1/s1. The van der Waals surface area contributed by atoms with E-state index in [-0.39, 0.29) is 11.6 Å². The van der Waals surface area contributed by atoms with Gasteiger partial charge >= 0.3 is 6.18 Å². The first-order valence-electron chi connectivity index (χ1n) is 8.22. The zero-order valence-corrected chi connectivity index (χ0v) is 13.9. The van der Waals surface area contributed by atoms with Crippen LogP contribution in [0.1, 0.15) is 27.7 Å². The van der Waals surface area contributed by atoms with Gasteiger partial charge in [-0.1, -0.05) is 30.3 Å². The van der Waals surface area contributed by atoms with E-state index in [4.69, 9.17) is 0 Å². The highest BCUT2D eigenvalue weighted by atomic mass is 19.4. The predicted molar refractivity (Wildman–Crippen MR) is 95.3 cm³/mol. The van der Waals surface area contributed by atoms with E-state index in [1.54, 1.807) is 48.7 Å². The van der Waals surface area contributed by atoms with Crippen molar-refractivity contribution >= 4 is 17.4 Å². The summed E-state index contributed by atoms with van der Waals surface area (Å²) >= 11 is 0. The molecule has 1 amide bonds. The molecule has 0 bridgehead atoms. The van der Waals surface area contributed by atoms with Crippen LogP contribution in [-0.2, 0) is 6.18 Å². The Bertz CT molecular complexity index is 989. The van der Waals surface area contributed by atoms with Crippen molar-refractivity contribution in [2.75, 3.05) is 10.2 Å². The monoisotopic (exact) mass is 369 g/mol. The Morgan fingerprint density at radius 1 is 0.963 bits per heavy atom. The van der Waals surface area contributed by atoms with Crippen LogP contribution in [0.2, 0.25) is 0 Å². The second-order valence-corrected chi connectivity index (χ2v) is 6.08. The van der Waals surface area contributed by atoms with Crippen LogP contribution < -0.4 is 10.2 Å². The third kappa shape index (κ3) is 3.12. The maximum Gasteiger partial charge on any atom is 0.416 e. The van der Waals surface area contributed by atoms with Crippen molar-refractivity contribution in [2.24, 2.45) is 0 Å². The van der Waals surface area contributed by atoms with E-state index < -0.39 is 17.9 Å². The van der Waals surface area contributed by atoms with E-state index in [0.29, 0.717) is 16.9 Å². The Labute approximate surface area is 153 Å². The number of anilines is 2. The lowest BCUT2D eigenvalue weighted by Crippen LogP contribution is -2.32. The summed E-state index contributed by atoms with van der Waals surface area (Å²) in [6.45, 7) is 0. The molecule has 0 saturated heterocycles. The first kappa shape index (κ1) is 17.1. The summed E-state index contributed by atoms with van der Waals surface area (Å²) in [5.74, 6) is 0.164. The second kappa shape index (κ2) is 6.42. The van der Waals surface area contributed by atoms with Crippen molar-refractivity contribution in [3.8, 4) is 0 Å². The molecule has 0 aliphatic carbocycles. The van der Waals surface area contributed by atoms with Crippen LogP contribution in [0.4, 0.5) is 24.7 Å². The normalized spacial score (nSPS) is 16.3. The molecule has 2 heterocycles. The third-order valence-electron chi connectivity index (χ3n) is 4.35. The number of halogens is 3. The number of pyridine rings is 1. The van der Waals surface area contributed by atoms with Crippen molar-refractivity contribution in [3.05, 3.63) is 89.6 Å². The van der Waals surface area contributed by atoms with Gasteiger partial charge in [0.15, 0.2) is 0 Å². The maximum absolute atomic E-state index is 13.0. The first-order valence-corrected chi connectivity index (χ1v) is 8.22. The zero-order valence-electron chi connectivity index (χ0n) is 13.9. The van der Waals surface area contributed by atoms with Crippen molar-refractivity contribution in [1.82, 2.24) is 4.98 Å². The SMILES string of the molecule is O=C1c2ccccc2[C@H](Nc2cccc(C(F)(F)F)c2)N1c1ccccn1.